The lowest BCUT2D eigenvalue weighted by atomic mass is 9.68. The van der Waals surface area contributed by atoms with Crippen LogP contribution in [0.4, 0.5) is 10.1 Å². The first-order valence-electron chi connectivity index (χ1n) is 9.17. The molecule has 4 rings (SSSR count). The molecule has 142 valence electrons. The number of halogens is 1. The second-order valence-corrected chi connectivity index (χ2v) is 7.01. The van der Waals surface area contributed by atoms with Gasteiger partial charge in [-0.15, -0.1) is 0 Å². The topological polar surface area (TPSA) is 56.8 Å². The number of rotatable bonds is 4. The number of methoxy groups -OCH3 is 1. The van der Waals surface area contributed by atoms with Crippen LogP contribution in [0.2, 0.25) is 0 Å². The van der Waals surface area contributed by atoms with Crippen molar-refractivity contribution in [1.82, 2.24) is 0 Å². The predicted octanol–water partition coefficient (Wildman–Crippen LogP) is 4.40. The molecular formula is C21H22FNO4. The number of nitrogens with one attached hydrogen (secondary N) is 1. The number of amides is 1. The van der Waals surface area contributed by atoms with Gasteiger partial charge in [-0.25, -0.2) is 4.39 Å². The lowest BCUT2D eigenvalue weighted by molar-refractivity contribution is -0.122. The summed E-state index contributed by atoms with van der Waals surface area (Å²) in [5.41, 5.74) is 0.678. The van der Waals surface area contributed by atoms with Crippen LogP contribution >= 0.6 is 0 Å². The van der Waals surface area contributed by atoms with Crippen LogP contribution in [0.5, 0.6) is 17.2 Å². The number of hydrogen-bond donors (Lipinski definition) is 1. The largest absolute Gasteiger partial charge is 0.494 e. The number of hydrogen-bond acceptors (Lipinski definition) is 4. The Morgan fingerprint density at radius 3 is 2.59 bits per heavy atom. The summed E-state index contributed by atoms with van der Waals surface area (Å²) in [5, 5.41) is 2.90. The third-order valence-electron chi connectivity index (χ3n) is 5.48. The number of fused-ring (bicyclic) bond motifs is 1. The van der Waals surface area contributed by atoms with Crippen molar-refractivity contribution in [2.24, 2.45) is 0 Å². The van der Waals surface area contributed by atoms with Gasteiger partial charge in [0.15, 0.2) is 23.1 Å². The molecule has 0 aromatic heterocycles. The Labute approximate surface area is 157 Å². The summed E-state index contributed by atoms with van der Waals surface area (Å²) in [5.74, 6) is 0.890. The maximum Gasteiger partial charge on any atom is 0.235 e. The van der Waals surface area contributed by atoms with Crippen molar-refractivity contribution in [2.45, 2.75) is 37.5 Å². The normalized spacial score (nSPS) is 17.4. The summed E-state index contributed by atoms with van der Waals surface area (Å²) in [6.45, 7) is 0.198. The van der Waals surface area contributed by atoms with E-state index in [1.54, 1.807) is 6.07 Å². The number of ether oxygens (including phenoxy) is 3. The van der Waals surface area contributed by atoms with Crippen LogP contribution in [-0.2, 0) is 10.2 Å². The van der Waals surface area contributed by atoms with E-state index < -0.39 is 11.2 Å². The summed E-state index contributed by atoms with van der Waals surface area (Å²) < 4.78 is 29.8. The highest BCUT2D eigenvalue weighted by Crippen LogP contribution is 2.44. The van der Waals surface area contributed by atoms with E-state index in [4.69, 9.17) is 14.2 Å². The van der Waals surface area contributed by atoms with Crippen molar-refractivity contribution >= 4 is 11.6 Å². The van der Waals surface area contributed by atoms with Gasteiger partial charge in [-0.2, -0.15) is 0 Å². The van der Waals surface area contributed by atoms with Crippen molar-refractivity contribution in [2.75, 3.05) is 19.2 Å². The second-order valence-electron chi connectivity index (χ2n) is 7.01. The van der Waals surface area contributed by atoms with Crippen LogP contribution in [0.3, 0.4) is 0 Å². The van der Waals surface area contributed by atoms with Crippen molar-refractivity contribution in [3.63, 3.8) is 0 Å². The monoisotopic (exact) mass is 371 g/mol. The van der Waals surface area contributed by atoms with Gasteiger partial charge >= 0.3 is 0 Å². The first-order valence-corrected chi connectivity index (χ1v) is 9.17. The van der Waals surface area contributed by atoms with Crippen LogP contribution in [-0.4, -0.2) is 19.8 Å². The highest BCUT2D eigenvalue weighted by molar-refractivity contribution is 5.99. The number of anilines is 1. The Bertz CT molecular complexity index is 861. The van der Waals surface area contributed by atoms with E-state index in [9.17, 15) is 9.18 Å². The van der Waals surface area contributed by atoms with Crippen LogP contribution in [0.1, 0.15) is 37.7 Å². The molecule has 1 amide bonds. The average Bonchev–Trinajstić information content (AvgIpc) is 3.16. The second kappa shape index (κ2) is 7.10. The maximum atomic E-state index is 14.0. The molecule has 1 heterocycles. The molecule has 0 spiro atoms. The van der Waals surface area contributed by atoms with Crippen LogP contribution in [0.15, 0.2) is 36.4 Å². The third-order valence-corrected chi connectivity index (χ3v) is 5.48. The summed E-state index contributed by atoms with van der Waals surface area (Å²) in [7, 11) is 1.41. The van der Waals surface area contributed by atoms with E-state index in [0.717, 1.165) is 37.7 Å². The molecule has 0 saturated heterocycles. The van der Waals surface area contributed by atoms with Crippen molar-refractivity contribution in [3.8, 4) is 17.2 Å². The number of carbonyl (C=O) groups excluding carboxylic acids is 1. The molecule has 0 unspecified atom stereocenters. The molecule has 0 bridgehead atoms. The van der Waals surface area contributed by atoms with Crippen LogP contribution < -0.4 is 19.5 Å². The minimum absolute atomic E-state index is 0.120. The van der Waals surface area contributed by atoms with Crippen molar-refractivity contribution < 1.29 is 23.4 Å². The molecule has 2 aliphatic rings. The molecule has 2 aromatic carbocycles. The molecule has 0 radical (unpaired) electrons. The van der Waals surface area contributed by atoms with Gasteiger partial charge in [-0.05, 0) is 42.7 Å². The molecule has 1 aliphatic carbocycles. The van der Waals surface area contributed by atoms with Crippen molar-refractivity contribution in [1.29, 1.82) is 0 Å². The van der Waals surface area contributed by atoms with E-state index in [1.807, 2.05) is 18.2 Å². The van der Waals surface area contributed by atoms with Gasteiger partial charge in [0.05, 0.1) is 12.5 Å². The van der Waals surface area contributed by atoms with E-state index in [-0.39, 0.29) is 18.4 Å². The lowest BCUT2D eigenvalue weighted by Crippen LogP contribution is -2.42. The van der Waals surface area contributed by atoms with E-state index in [2.05, 4.69) is 5.32 Å². The van der Waals surface area contributed by atoms with E-state index in [0.29, 0.717) is 17.2 Å². The molecule has 1 N–H and O–H groups in total. The molecule has 2 aromatic rings. The molecule has 27 heavy (non-hydrogen) atoms. The van der Waals surface area contributed by atoms with Gasteiger partial charge in [0.25, 0.3) is 0 Å². The summed E-state index contributed by atoms with van der Waals surface area (Å²) in [6, 6.07) is 10.1. The molecule has 6 heteroatoms. The maximum absolute atomic E-state index is 14.0. The first kappa shape index (κ1) is 17.6. The standard InChI is InChI=1S/C21H22FNO4/c1-25-17-8-6-15(12-16(17)22)23-20(24)21(9-3-2-4-10-21)14-5-7-18-19(11-14)27-13-26-18/h5-8,11-12H,2-4,9-10,13H2,1H3,(H,23,24). The zero-order valence-electron chi connectivity index (χ0n) is 15.2. The molecule has 0 atom stereocenters. The van der Waals surface area contributed by atoms with Gasteiger partial charge in [0, 0.05) is 11.8 Å². The van der Waals surface area contributed by atoms with Gasteiger partial charge in [-0.1, -0.05) is 25.3 Å². The zero-order valence-corrected chi connectivity index (χ0v) is 15.2. The Morgan fingerprint density at radius 1 is 1.07 bits per heavy atom. The zero-order chi connectivity index (χ0) is 18.9. The minimum Gasteiger partial charge on any atom is -0.494 e. The third kappa shape index (κ3) is 3.20. The fourth-order valence-electron chi connectivity index (χ4n) is 3.99. The summed E-state index contributed by atoms with van der Waals surface area (Å²) in [4.78, 5) is 13.3. The molecule has 1 aliphatic heterocycles. The Balaban J connectivity index is 1.65. The van der Waals surface area contributed by atoms with Gasteiger partial charge in [0.1, 0.15) is 0 Å². The number of carbonyl (C=O) groups is 1. The van der Waals surface area contributed by atoms with E-state index in [1.165, 1.54) is 19.2 Å². The lowest BCUT2D eigenvalue weighted by Gasteiger charge is -2.36. The number of benzene rings is 2. The predicted molar refractivity (Wildman–Crippen MR) is 98.9 cm³/mol. The average molecular weight is 371 g/mol. The molecule has 1 saturated carbocycles. The van der Waals surface area contributed by atoms with Crippen molar-refractivity contribution in [3.05, 3.63) is 47.8 Å². The Kier molecular flexibility index (Phi) is 4.64. The fourth-order valence-corrected chi connectivity index (χ4v) is 3.99. The summed E-state index contributed by atoms with van der Waals surface area (Å²) >= 11 is 0. The van der Waals surface area contributed by atoms with Gasteiger partial charge in [0.2, 0.25) is 12.7 Å². The first-order chi connectivity index (χ1) is 13.1. The van der Waals surface area contributed by atoms with Crippen LogP contribution in [0, 0.1) is 5.82 Å². The smallest absolute Gasteiger partial charge is 0.235 e. The van der Waals surface area contributed by atoms with Gasteiger partial charge in [-0.3, -0.25) is 4.79 Å². The summed E-state index contributed by atoms with van der Waals surface area (Å²) in [6.07, 6.45) is 4.54. The Hall–Kier alpha value is -2.76. The molecule has 1 fully saturated rings. The van der Waals surface area contributed by atoms with Gasteiger partial charge < -0.3 is 19.5 Å². The fraction of sp³-hybridized carbons (Fsp3) is 0.381. The quantitative estimate of drug-likeness (QED) is 0.865. The molecule has 5 nitrogen and oxygen atoms in total. The minimum atomic E-state index is -0.657. The van der Waals surface area contributed by atoms with Crippen LogP contribution in [0.25, 0.3) is 0 Å². The highest BCUT2D eigenvalue weighted by atomic mass is 19.1. The Morgan fingerprint density at radius 2 is 1.85 bits per heavy atom. The van der Waals surface area contributed by atoms with E-state index >= 15 is 0 Å². The molecular weight excluding hydrogens is 349 g/mol. The SMILES string of the molecule is COc1ccc(NC(=O)C2(c3ccc4c(c3)OCO4)CCCCC2)cc1F. The highest BCUT2D eigenvalue weighted by Gasteiger charge is 2.42.